The SMILES string of the molecule is CCOCCCNC(=O)CCn1cc(C)cn1. The fourth-order valence-corrected chi connectivity index (χ4v) is 1.44. The molecule has 1 amide bonds. The van der Waals surface area contributed by atoms with Gasteiger partial charge < -0.3 is 10.1 Å². The van der Waals surface area contributed by atoms with E-state index < -0.39 is 0 Å². The lowest BCUT2D eigenvalue weighted by Crippen LogP contribution is -2.26. The molecule has 5 heteroatoms. The first-order chi connectivity index (χ1) is 8.22. The molecule has 0 spiro atoms. The Labute approximate surface area is 102 Å². The number of carbonyl (C=O) groups is 1. The van der Waals surface area contributed by atoms with Gasteiger partial charge >= 0.3 is 0 Å². The summed E-state index contributed by atoms with van der Waals surface area (Å²) in [5.74, 6) is 0.0645. The third-order valence-electron chi connectivity index (χ3n) is 2.32. The van der Waals surface area contributed by atoms with Crippen molar-refractivity contribution in [1.29, 1.82) is 0 Å². The van der Waals surface area contributed by atoms with Crippen molar-refractivity contribution in [3.05, 3.63) is 18.0 Å². The van der Waals surface area contributed by atoms with Crippen LogP contribution in [0.5, 0.6) is 0 Å². The van der Waals surface area contributed by atoms with E-state index in [0.29, 0.717) is 26.1 Å². The number of aryl methyl sites for hydroxylation is 2. The third-order valence-corrected chi connectivity index (χ3v) is 2.32. The van der Waals surface area contributed by atoms with Gasteiger partial charge in [0, 0.05) is 38.9 Å². The van der Waals surface area contributed by atoms with E-state index in [4.69, 9.17) is 4.74 Å². The Hall–Kier alpha value is -1.36. The smallest absolute Gasteiger partial charge is 0.221 e. The van der Waals surface area contributed by atoms with E-state index in [0.717, 1.165) is 18.6 Å². The van der Waals surface area contributed by atoms with Crippen molar-refractivity contribution in [1.82, 2.24) is 15.1 Å². The number of carbonyl (C=O) groups excluding carboxylic acids is 1. The molecule has 0 saturated heterocycles. The minimum atomic E-state index is 0.0645. The fourth-order valence-electron chi connectivity index (χ4n) is 1.44. The van der Waals surface area contributed by atoms with Gasteiger partial charge in [-0.3, -0.25) is 9.48 Å². The fraction of sp³-hybridized carbons (Fsp3) is 0.667. The molecular formula is C12H21N3O2. The molecule has 0 unspecified atom stereocenters. The van der Waals surface area contributed by atoms with Crippen LogP contribution in [0.15, 0.2) is 12.4 Å². The number of nitrogens with one attached hydrogen (secondary N) is 1. The number of nitrogens with zero attached hydrogens (tertiary/aromatic N) is 2. The lowest BCUT2D eigenvalue weighted by Gasteiger charge is -2.05. The molecule has 0 bridgehead atoms. The molecule has 96 valence electrons. The Kier molecular flexibility index (Phi) is 6.32. The predicted molar refractivity (Wildman–Crippen MR) is 65.7 cm³/mol. The maximum absolute atomic E-state index is 11.5. The molecule has 0 radical (unpaired) electrons. The van der Waals surface area contributed by atoms with E-state index in [1.807, 2.05) is 20.0 Å². The van der Waals surface area contributed by atoms with Gasteiger partial charge in [-0.25, -0.2) is 0 Å². The Morgan fingerprint density at radius 3 is 3.06 bits per heavy atom. The van der Waals surface area contributed by atoms with E-state index in [1.54, 1.807) is 10.9 Å². The second-order valence-corrected chi connectivity index (χ2v) is 3.93. The van der Waals surface area contributed by atoms with Gasteiger partial charge in [-0.15, -0.1) is 0 Å². The molecular weight excluding hydrogens is 218 g/mol. The van der Waals surface area contributed by atoms with Crippen LogP contribution in [-0.2, 0) is 16.1 Å². The Morgan fingerprint density at radius 1 is 1.59 bits per heavy atom. The average Bonchev–Trinajstić information content (AvgIpc) is 2.72. The molecule has 0 atom stereocenters. The maximum Gasteiger partial charge on any atom is 0.221 e. The van der Waals surface area contributed by atoms with Gasteiger partial charge in [0.05, 0.1) is 6.20 Å². The molecule has 1 rings (SSSR count). The van der Waals surface area contributed by atoms with Crippen LogP contribution in [0.2, 0.25) is 0 Å². The van der Waals surface area contributed by atoms with Gasteiger partial charge in [0.1, 0.15) is 0 Å². The predicted octanol–water partition coefficient (Wildman–Crippen LogP) is 1.12. The molecule has 0 fully saturated rings. The zero-order chi connectivity index (χ0) is 12.5. The number of amides is 1. The van der Waals surface area contributed by atoms with Crippen molar-refractivity contribution in [3.63, 3.8) is 0 Å². The van der Waals surface area contributed by atoms with Gasteiger partial charge in [0.25, 0.3) is 0 Å². The Balaban J connectivity index is 2.05. The van der Waals surface area contributed by atoms with Gasteiger partial charge in [-0.1, -0.05) is 0 Å². The van der Waals surface area contributed by atoms with E-state index in [2.05, 4.69) is 10.4 Å². The topological polar surface area (TPSA) is 56.1 Å². The van der Waals surface area contributed by atoms with E-state index >= 15 is 0 Å². The largest absolute Gasteiger partial charge is 0.382 e. The molecule has 1 aromatic heterocycles. The summed E-state index contributed by atoms with van der Waals surface area (Å²) >= 11 is 0. The first-order valence-electron chi connectivity index (χ1n) is 6.06. The summed E-state index contributed by atoms with van der Waals surface area (Å²) < 4.78 is 6.97. The lowest BCUT2D eigenvalue weighted by atomic mass is 10.3. The molecule has 0 saturated carbocycles. The highest BCUT2D eigenvalue weighted by Crippen LogP contribution is 1.95. The number of aromatic nitrogens is 2. The third kappa shape index (κ3) is 6.06. The Bertz CT molecular complexity index is 336. The number of hydrogen-bond acceptors (Lipinski definition) is 3. The maximum atomic E-state index is 11.5. The van der Waals surface area contributed by atoms with Crippen LogP contribution in [-0.4, -0.2) is 35.4 Å². The van der Waals surface area contributed by atoms with Crippen LogP contribution in [0, 0.1) is 6.92 Å². The van der Waals surface area contributed by atoms with Crippen molar-refractivity contribution in [2.24, 2.45) is 0 Å². The zero-order valence-electron chi connectivity index (χ0n) is 10.6. The summed E-state index contributed by atoms with van der Waals surface area (Å²) in [6.45, 7) is 6.69. The minimum Gasteiger partial charge on any atom is -0.382 e. The highest BCUT2D eigenvalue weighted by atomic mass is 16.5. The van der Waals surface area contributed by atoms with Crippen LogP contribution < -0.4 is 5.32 Å². The summed E-state index contributed by atoms with van der Waals surface area (Å²) in [5.41, 5.74) is 1.11. The molecule has 17 heavy (non-hydrogen) atoms. The number of ether oxygens (including phenoxy) is 1. The van der Waals surface area contributed by atoms with Crippen LogP contribution >= 0.6 is 0 Å². The van der Waals surface area contributed by atoms with Crippen LogP contribution in [0.1, 0.15) is 25.3 Å². The summed E-state index contributed by atoms with van der Waals surface area (Å²) in [5, 5.41) is 6.98. The summed E-state index contributed by atoms with van der Waals surface area (Å²) in [7, 11) is 0. The zero-order valence-corrected chi connectivity index (χ0v) is 10.6. The summed E-state index contributed by atoms with van der Waals surface area (Å²) in [4.78, 5) is 11.5. The summed E-state index contributed by atoms with van der Waals surface area (Å²) in [6, 6.07) is 0. The molecule has 0 aromatic carbocycles. The first kappa shape index (κ1) is 13.7. The molecule has 1 aromatic rings. The molecule has 1 N–H and O–H groups in total. The summed E-state index contributed by atoms with van der Waals surface area (Å²) in [6.07, 6.45) is 5.05. The average molecular weight is 239 g/mol. The highest BCUT2D eigenvalue weighted by Gasteiger charge is 2.01. The highest BCUT2D eigenvalue weighted by molar-refractivity contribution is 5.75. The molecule has 1 heterocycles. The normalized spacial score (nSPS) is 10.5. The van der Waals surface area contributed by atoms with Crippen LogP contribution in [0.3, 0.4) is 0 Å². The van der Waals surface area contributed by atoms with Crippen LogP contribution in [0.25, 0.3) is 0 Å². The van der Waals surface area contributed by atoms with Crippen LogP contribution in [0.4, 0.5) is 0 Å². The van der Waals surface area contributed by atoms with Gasteiger partial charge in [-0.05, 0) is 25.8 Å². The number of hydrogen-bond donors (Lipinski definition) is 1. The molecule has 0 aliphatic rings. The van der Waals surface area contributed by atoms with Crippen molar-refractivity contribution in [2.45, 2.75) is 33.2 Å². The van der Waals surface area contributed by atoms with E-state index in [9.17, 15) is 4.79 Å². The van der Waals surface area contributed by atoms with Gasteiger partial charge in [0.2, 0.25) is 5.91 Å². The quantitative estimate of drug-likeness (QED) is 0.692. The second-order valence-electron chi connectivity index (χ2n) is 3.93. The Morgan fingerprint density at radius 2 is 2.41 bits per heavy atom. The minimum absolute atomic E-state index is 0.0645. The first-order valence-corrected chi connectivity index (χ1v) is 6.06. The monoisotopic (exact) mass is 239 g/mol. The van der Waals surface area contributed by atoms with Crippen molar-refractivity contribution in [2.75, 3.05) is 19.8 Å². The van der Waals surface area contributed by atoms with Gasteiger partial charge in [0.15, 0.2) is 0 Å². The molecule has 5 nitrogen and oxygen atoms in total. The van der Waals surface area contributed by atoms with Crippen molar-refractivity contribution in [3.8, 4) is 0 Å². The molecule has 0 aliphatic carbocycles. The lowest BCUT2D eigenvalue weighted by molar-refractivity contribution is -0.121. The standard InChI is InChI=1S/C12H21N3O2/c1-3-17-8-4-6-13-12(16)5-7-15-10-11(2)9-14-15/h9-10H,3-8H2,1-2H3,(H,13,16). The molecule has 0 aliphatic heterocycles. The van der Waals surface area contributed by atoms with E-state index in [1.165, 1.54) is 0 Å². The van der Waals surface area contributed by atoms with E-state index in [-0.39, 0.29) is 5.91 Å². The van der Waals surface area contributed by atoms with Gasteiger partial charge in [-0.2, -0.15) is 5.10 Å². The number of rotatable bonds is 8. The van der Waals surface area contributed by atoms with Crippen molar-refractivity contribution >= 4 is 5.91 Å². The second kappa shape index (κ2) is 7.84. The van der Waals surface area contributed by atoms with Crippen molar-refractivity contribution < 1.29 is 9.53 Å².